The van der Waals surface area contributed by atoms with Crippen molar-refractivity contribution < 1.29 is 5.11 Å². The van der Waals surface area contributed by atoms with Crippen molar-refractivity contribution in [2.24, 2.45) is 5.92 Å². The zero-order chi connectivity index (χ0) is 12.3. The molecule has 1 N–H and O–H groups in total. The van der Waals surface area contributed by atoms with Crippen molar-refractivity contribution in [3.63, 3.8) is 0 Å². The molecule has 1 aromatic heterocycles. The van der Waals surface area contributed by atoms with Gasteiger partial charge in [0.25, 0.3) is 0 Å². The molecule has 3 nitrogen and oxygen atoms in total. The van der Waals surface area contributed by atoms with Crippen LogP contribution in [0.25, 0.3) is 0 Å². The van der Waals surface area contributed by atoms with E-state index in [1.165, 1.54) is 12.8 Å². The maximum Gasteiger partial charge on any atom is 0.106 e. The first kappa shape index (κ1) is 12.6. The molecule has 1 aliphatic carbocycles. The van der Waals surface area contributed by atoms with E-state index in [-0.39, 0.29) is 0 Å². The molecule has 17 heavy (non-hydrogen) atoms. The third-order valence-corrected chi connectivity index (χ3v) is 4.24. The summed E-state index contributed by atoms with van der Waals surface area (Å²) in [6.07, 6.45) is 8.35. The Morgan fingerprint density at radius 3 is 2.94 bits per heavy atom. The second-order valence-electron chi connectivity index (χ2n) is 5.27. The smallest absolute Gasteiger partial charge is 0.106 e. The van der Waals surface area contributed by atoms with E-state index in [2.05, 4.69) is 18.9 Å². The molecule has 0 radical (unpaired) electrons. The minimum atomic E-state index is -0.642. The van der Waals surface area contributed by atoms with Gasteiger partial charge >= 0.3 is 0 Å². The van der Waals surface area contributed by atoms with Crippen molar-refractivity contribution >= 4 is 0 Å². The van der Waals surface area contributed by atoms with Crippen LogP contribution in [-0.2, 0) is 12.1 Å². The van der Waals surface area contributed by atoms with Gasteiger partial charge in [-0.25, -0.2) is 0 Å². The lowest BCUT2D eigenvalue weighted by atomic mass is 9.90. The van der Waals surface area contributed by atoms with Gasteiger partial charge in [0.05, 0.1) is 5.69 Å². The summed E-state index contributed by atoms with van der Waals surface area (Å²) < 4.78 is 1.94. The zero-order valence-corrected chi connectivity index (χ0v) is 11.0. The lowest BCUT2D eigenvalue weighted by Gasteiger charge is -2.27. The fourth-order valence-electron chi connectivity index (χ4n) is 3.04. The molecule has 0 amide bonds. The van der Waals surface area contributed by atoms with Gasteiger partial charge in [-0.15, -0.1) is 0 Å². The van der Waals surface area contributed by atoms with E-state index in [4.69, 9.17) is 0 Å². The van der Waals surface area contributed by atoms with Crippen LogP contribution in [0.1, 0.15) is 58.1 Å². The highest BCUT2D eigenvalue weighted by Gasteiger charge is 2.34. The average Bonchev–Trinajstić information content (AvgIpc) is 2.74. The topological polar surface area (TPSA) is 38.1 Å². The molecular formula is C14H24N2O. The highest BCUT2D eigenvalue weighted by Crippen LogP contribution is 2.38. The van der Waals surface area contributed by atoms with Crippen molar-refractivity contribution in [3.8, 4) is 0 Å². The number of aliphatic hydroxyl groups is 1. The second kappa shape index (κ2) is 5.21. The SMILES string of the molecule is CCC1CCCC(O)(c2ccnn2CC)CC1. The minimum absolute atomic E-state index is 0.642. The monoisotopic (exact) mass is 236 g/mol. The van der Waals surface area contributed by atoms with E-state index in [1.54, 1.807) is 6.20 Å². The van der Waals surface area contributed by atoms with Gasteiger partial charge in [-0.2, -0.15) is 5.10 Å². The van der Waals surface area contributed by atoms with Crippen molar-refractivity contribution in [1.29, 1.82) is 0 Å². The van der Waals surface area contributed by atoms with Gasteiger partial charge in [0.2, 0.25) is 0 Å². The number of aromatic nitrogens is 2. The maximum atomic E-state index is 10.9. The molecule has 3 heteroatoms. The minimum Gasteiger partial charge on any atom is -0.384 e. The molecule has 1 aliphatic rings. The molecule has 0 aliphatic heterocycles. The number of hydrogen-bond donors (Lipinski definition) is 1. The zero-order valence-electron chi connectivity index (χ0n) is 11.0. The Morgan fingerprint density at radius 1 is 1.41 bits per heavy atom. The first-order valence-electron chi connectivity index (χ1n) is 6.94. The number of hydrogen-bond acceptors (Lipinski definition) is 2. The largest absolute Gasteiger partial charge is 0.384 e. The van der Waals surface area contributed by atoms with Gasteiger partial charge in [0, 0.05) is 12.7 Å². The lowest BCUT2D eigenvalue weighted by Crippen LogP contribution is -2.28. The predicted molar refractivity (Wildman–Crippen MR) is 68.7 cm³/mol. The molecule has 2 rings (SSSR count). The first-order valence-corrected chi connectivity index (χ1v) is 6.94. The molecule has 0 bridgehead atoms. The van der Waals surface area contributed by atoms with E-state index in [0.717, 1.165) is 43.8 Å². The van der Waals surface area contributed by atoms with E-state index in [0.29, 0.717) is 0 Å². The second-order valence-corrected chi connectivity index (χ2v) is 5.27. The summed E-state index contributed by atoms with van der Waals surface area (Å²) in [6.45, 7) is 5.17. The Bertz CT molecular complexity index is 361. The van der Waals surface area contributed by atoms with E-state index < -0.39 is 5.60 Å². The highest BCUT2D eigenvalue weighted by atomic mass is 16.3. The van der Waals surface area contributed by atoms with Gasteiger partial charge < -0.3 is 5.11 Å². The summed E-state index contributed by atoms with van der Waals surface area (Å²) in [6, 6.07) is 1.98. The Balaban J connectivity index is 2.18. The van der Waals surface area contributed by atoms with Crippen LogP contribution in [-0.4, -0.2) is 14.9 Å². The maximum absolute atomic E-state index is 10.9. The Kier molecular flexibility index (Phi) is 3.87. The molecule has 0 saturated heterocycles. The summed E-state index contributed by atoms with van der Waals surface area (Å²) in [5.41, 5.74) is 0.368. The summed E-state index contributed by atoms with van der Waals surface area (Å²) in [5.74, 6) is 0.794. The molecule has 96 valence electrons. The van der Waals surface area contributed by atoms with Crippen LogP contribution in [0, 0.1) is 5.92 Å². The van der Waals surface area contributed by atoms with Gasteiger partial charge in [0.15, 0.2) is 0 Å². The average molecular weight is 236 g/mol. The van der Waals surface area contributed by atoms with E-state index in [1.807, 2.05) is 10.7 Å². The predicted octanol–water partition coefficient (Wildman–Crippen LogP) is 3.08. The van der Waals surface area contributed by atoms with Gasteiger partial charge in [-0.1, -0.05) is 19.8 Å². The van der Waals surface area contributed by atoms with Gasteiger partial charge in [0.1, 0.15) is 5.60 Å². The van der Waals surface area contributed by atoms with Crippen LogP contribution in [0.5, 0.6) is 0 Å². The van der Waals surface area contributed by atoms with Crippen LogP contribution < -0.4 is 0 Å². The van der Waals surface area contributed by atoms with Crippen molar-refractivity contribution in [3.05, 3.63) is 18.0 Å². The van der Waals surface area contributed by atoms with Crippen LogP contribution in [0.3, 0.4) is 0 Å². The molecule has 1 saturated carbocycles. The molecule has 0 spiro atoms. The standard InChI is InChI=1S/C14H24N2O/c1-3-12-6-5-9-14(17,10-7-12)13-8-11-15-16(13)4-2/h8,11-12,17H,3-7,9-10H2,1-2H3. The number of aryl methyl sites for hydroxylation is 1. The summed E-state index contributed by atoms with van der Waals surface area (Å²) >= 11 is 0. The van der Waals surface area contributed by atoms with Crippen LogP contribution >= 0.6 is 0 Å². The third-order valence-electron chi connectivity index (χ3n) is 4.24. The quantitative estimate of drug-likeness (QED) is 0.819. The Labute approximate surface area is 104 Å². The summed E-state index contributed by atoms with van der Waals surface area (Å²) in [4.78, 5) is 0. The summed E-state index contributed by atoms with van der Waals surface area (Å²) in [7, 11) is 0. The van der Waals surface area contributed by atoms with Crippen molar-refractivity contribution in [2.75, 3.05) is 0 Å². The lowest BCUT2D eigenvalue weighted by molar-refractivity contribution is 0.0109. The van der Waals surface area contributed by atoms with E-state index in [9.17, 15) is 5.11 Å². The fraction of sp³-hybridized carbons (Fsp3) is 0.786. The Hall–Kier alpha value is -0.830. The van der Waals surface area contributed by atoms with Gasteiger partial charge in [-0.05, 0) is 44.6 Å². The van der Waals surface area contributed by atoms with E-state index >= 15 is 0 Å². The van der Waals surface area contributed by atoms with Crippen LogP contribution in [0.2, 0.25) is 0 Å². The first-order chi connectivity index (χ1) is 8.19. The number of rotatable bonds is 3. The fourth-order valence-corrected chi connectivity index (χ4v) is 3.04. The molecule has 0 aromatic carbocycles. The molecule has 1 heterocycles. The van der Waals surface area contributed by atoms with Gasteiger partial charge in [-0.3, -0.25) is 4.68 Å². The Morgan fingerprint density at radius 2 is 2.24 bits per heavy atom. The van der Waals surface area contributed by atoms with Crippen molar-refractivity contribution in [1.82, 2.24) is 9.78 Å². The molecule has 1 aromatic rings. The molecule has 2 atom stereocenters. The van der Waals surface area contributed by atoms with Crippen molar-refractivity contribution in [2.45, 2.75) is 64.5 Å². The van der Waals surface area contributed by atoms with Crippen LogP contribution in [0.15, 0.2) is 12.3 Å². The molecule has 2 unspecified atom stereocenters. The molecular weight excluding hydrogens is 212 g/mol. The number of nitrogens with zero attached hydrogens (tertiary/aromatic N) is 2. The highest BCUT2D eigenvalue weighted by molar-refractivity contribution is 5.12. The molecule has 1 fully saturated rings. The summed E-state index contributed by atoms with van der Waals surface area (Å²) in [5, 5.41) is 15.2. The third kappa shape index (κ3) is 2.54. The normalized spacial score (nSPS) is 30.2. The van der Waals surface area contributed by atoms with Crippen LogP contribution in [0.4, 0.5) is 0 Å².